The molecule has 4 rings (SSSR count). The van der Waals surface area contributed by atoms with Gasteiger partial charge in [0.25, 0.3) is 0 Å². The van der Waals surface area contributed by atoms with Gasteiger partial charge in [0, 0.05) is 43.0 Å². The van der Waals surface area contributed by atoms with E-state index < -0.39 is 0 Å². The third-order valence-electron chi connectivity index (χ3n) is 5.00. The number of carbonyl (C=O) groups excluding carboxylic acids is 2. The van der Waals surface area contributed by atoms with Crippen molar-refractivity contribution in [3.8, 4) is 0 Å². The Balaban J connectivity index is 1.25. The normalized spacial score (nSPS) is 13.4. The molecular formula is C24H25N5O2S. The molecule has 3 N–H and O–H groups in total. The number of pyridine rings is 1. The zero-order valence-electron chi connectivity index (χ0n) is 17.6. The SMILES string of the molecule is O=C1CN(c2ccc(CNC(=O)Nc3cccc(CSc4ccccn4)c3)cc2)CCN1. The molecule has 0 atom stereocenters. The van der Waals surface area contributed by atoms with E-state index in [1.54, 1.807) is 18.0 Å². The second kappa shape index (κ2) is 10.7. The lowest BCUT2D eigenvalue weighted by atomic mass is 10.2. The molecular weight excluding hydrogens is 422 g/mol. The van der Waals surface area contributed by atoms with Crippen LogP contribution in [0.5, 0.6) is 0 Å². The van der Waals surface area contributed by atoms with Crippen LogP contribution in [0.4, 0.5) is 16.2 Å². The summed E-state index contributed by atoms with van der Waals surface area (Å²) >= 11 is 1.66. The van der Waals surface area contributed by atoms with Gasteiger partial charge in [-0.05, 0) is 47.5 Å². The lowest BCUT2D eigenvalue weighted by Gasteiger charge is -2.28. The number of piperazine rings is 1. The molecule has 1 aliphatic heterocycles. The maximum Gasteiger partial charge on any atom is 0.319 e. The highest BCUT2D eigenvalue weighted by atomic mass is 32.2. The van der Waals surface area contributed by atoms with Gasteiger partial charge in [-0.2, -0.15) is 0 Å². The van der Waals surface area contributed by atoms with Gasteiger partial charge in [-0.3, -0.25) is 4.79 Å². The van der Waals surface area contributed by atoms with E-state index in [1.807, 2.05) is 71.6 Å². The van der Waals surface area contributed by atoms with Crippen molar-refractivity contribution in [3.63, 3.8) is 0 Å². The molecule has 1 saturated heterocycles. The molecule has 3 aromatic rings. The summed E-state index contributed by atoms with van der Waals surface area (Å²) in [5, 5.41) is 9.57. The number of thioether (sulfide) groups is 1. The minimum absolute atomic E-state index is 0.0399. The van der Waals surface area contributed by atoms with E-state index >= 15 is 0 Å². The van der Waals surface area contributed by atoms with Crippen LogP contribution in [0.1, 0.15) is 11.1 Å². The molecule has 32 heavy (non-hydrogen) atoms. The summed E-state index contributed by atoms with van der Waals surface area (Å²) in [6, 6.07) is 21.3. The van der Waals surface area contributed by atoms with Crippen molar-refractivity contribution in [2.45, 2.75) is 17.3 Å². The van der Waals surface area contributed by atoms with Crippen LogP contribution in [0.15, 0.2) is 78.0 Å². The fourth-order valence-corrected chi connectivity index (χ4v) is 4.17. The molecule has 0 saturated carbocycles. The van der Waals surface area contributed by atoms with E-state index in [0.717, 1.165) is 39.8 Å². The molecule has 1 fully saturated rings. The Bertz CT molecular complexity index is 1060. The molecule has 0 radical (unpaired) electrons. The maximum atomic E-state index is 12.3. The van der Waals surface area contributed by atoms with Crippen molar-refractivity contribution < 1.29 is 9.59 Å². The van der Waals surface area contributed by atoms with Crippen LogP contribution >= 0.6 is 11.8 Å². The predicted molar refractivity (Wildman–Crippen MR) is 128 cm³/mol. The molecule has 3 amide bonds. The van der Waals surface area contributed by atoms with Crippen molar-refractivity contribution >= 4 is 35.1 Å². The average Bonchev–Trinajstić information content (AvgIpc) is 2.83. The number of amides is 3. The van der Waals surface area contributed by atoms with Crippen molar-refractivity contribution in [1.29, 1.82) is 0 Å². The van der Waals surface area contributed by atoms with Gasteiger partial charge in [-0.25, -0.2) is 9.78 Å². The van der Waals surface area contributed by atoms with E-state index in [1.165, 1.54) is 0 Å². The van der Waals surface area contributed by atoms with Crippen molar-refractivity contribution in [2.75, 3.05) is 29.9 Å². The molecule has 7 nitrogen and oxygen atoms in total. The van der Waals surface area contributed by atoms with Crippen LogP contribution in [0.3, 0.4) is 0 Å². The molecule has 1 aromatic heterocycles. The molecule has 0 bridgehead atoms. The number of anilines is 2. The number of benzene rings is 2. The molecule has 8 heteroatoms. The molecule has 0 unspecified atom stereocenters. The molecule has 0 spiro atoms. The van der Waals surface area contributed by atoms with Gasteiger partial charge in [0.15, 0.2) is 0 Å². The van der Waals surface area contributed by atoms with E-state index in [-0.39, 0.29) is 11.9 Å². The Morgan fingerprint density at radius 1 is 1.06 bits per heavy atom. The van der Waals surface area contributed by atoms with Crippen LogP contribution in [-0.4, -0.2) is 36.6 Å². The Morgan fingerprint density at radius 2 is 1.94 bits per heavy atom. The van der Waals surface area contributed by atoms with Gasteiger partial charge in [-0.15, -0.1) is 11.8 Å². The summed E-state index contributed by atoms with van der Waals surface area (Å²) in [7, 11) is 0. The zero-order chi connectivity index (χ0) is 22.2. The second-order valence-corrected chi connectivity index (χ2v) is 8.40. The van der Waals surface area contributed by atoms with Gasteiger partial charge < -0.3 is 20.9 Å². The summed E-state index contributed by atoms with van der Waals surface area (Å²) in [5.74, 6) is 0.817. The highest BCUT2D eigenvalue weighted by molar-refractivity contribution is 7.98. The highest BCUT2D eigenvalue weighted by Crippen LogP contribution is 2.22. The standard InChI is InChI=1S/C24H25N5O2S/c30-22-16-29(13-12-25-22)21-9-7-18(8-10-21)15-27-24(31)28-20-5-3-4-19(14-20)17-32-23-6-1-2-11-26-23/h1-11,14H,12-13,15-17H2,(H,25,30)(H2,27,28,31). The van der Waals surface area contributed by atoms with Gasteiger partial charge in [-0.1, -0.05) is 30.3 Å². The Labute approximate surface area is 191 Å². The Hall–Kier alpha value is -3.52. The first kappa shape index (κ1) is 21.7. The number of aromatic nitrogens is 1. The van der Waals surface area contributed by atoms with Gasteiger partial charge in [0.05, 0.1) is 11.6 Å². The first-order chi connectivity index (χ1) is 15.7. The van der Waals surface area contributed by atoms with Crippen LogP contribution in [0.2, 0.25) is 0 Å². The third-order valence-corrected chi connectivity index (χ3v) is 6.02. The maximum absolute atomic E-state index is 12.3. The van der Waals surface area contributed by atoms with Gasteiger partial charge >= 0.3 is 6.03 Å². The Morgan fingerprint density at radius 3 is 2.72 bits per heavy atom. The van der Waals surface area contributed by atoms with Crippen LogP contribution in [0, 0.1) is 0 Å². The summed E-state index contributed by atoms with van der Waals surface area (Å²) in [4.78, 5) is 30.2. The van der Waals surface area contributed by atoms with Crippen LogP contribution in [0.25, 0.3) is 0 Å². The van der Waals surface area contributed by atoms with Gasteiger partial charge in [0.2, 0.25) is 5.91 Å². The number of urea groups is 1. The predicted octanol–water partition coefficient (Wildman–Crippen LogP) is 3.63. The van der Waals surface area contributed by atoms with Crippen molar-refractivity contribution in [3.05, 3.63) is 84.1 Å². The smallest absolute Gasteiger partial charge is 0.319 e. The Kier molecular flexibility index (Phi) is 7.24. The lowest BCUT2D eigenvalue weighted by molar-refractivity contribution is -0.120. The summed E-state index contributed by atoms with van der Waals surface area (Å²) < 4.78 is 0. The number of rotatable bonds is 7. The highest BCUT2D eigenvalue weighted by Gasteiger charge is 2.16. The fraction of sp³-hybridized carbons (Fsp3) is 0.208. The van der Waals surface area contributed by atoms with Crippen molar-refractivity contribution in [2.24, 2.45) is 0 Å². The lowest BCUT2D eigenvalue weighted by Crippen LogP contribution is -2.47. The van der Waals surface area contributed by atoms with Crippen molar-refractivity contribution in [1.82, 2.24) is 15.6 Å². The monoisotopic (exact) mass is 447 g/mol. The summed E-state index contributed by atoms with van der Waals surface area (Å²) in [5.41, 5.74) is 3.86. The first-order valence-corrected chi connectivity index (χ1v) is 11.4. The van der Waals surface area contributed by atoms with Crippen LogP contribution < -0.4 is 20.9 Å². The summed E-state index contributed by atoms with van der Waals surface area (Å²) in [6.45, 7) is 2.25. The minimum atomic E-state index is -0.253. The molecule has 2 aromatic carbocycles. The summed E-state index contributed by atoms with van der Waals surface area (Å²) in [6.07, 6.45) is 1.78. The largest absolute Gasteiger partial charge is 0.360 e. The number of hydrogen-bond donors (Lipinski definition) is 3. The fourth-order valence-electron chi connectivity index (χ4n) is 3.37. The van der Waals surface area contributed by atoms with Crippen LogP contribution in [-0.2, 0) is 17.1 Å². The minimum Gasteiger partial charge on any atom is -0.360 e. The zero-order valence-corrected chi connectivity index (χ0v) is 18.4. The second-order valence-electron chi connectivity index (χ2n) is 7.40. The molecule has 2 heterocycles. The third kappa shape index (κ3) is 6.24. The van der Waals surface area contributed by atoms with Gasteiger partial charge in [0.1, 0.15) is 0 Å². The quantitative estimate of drug-likeness (QED) is 0.482. The molecule has 0 aliphatic carbocycles. The number of hydrogen-bond acceptors (Lipinski definition) is 5. The van der Waals surface area contributed by atoms with E-state index in [4.69, 9.17) is 0 Å². The first-order valence-electron chi connectivity index (χ1n) is 10.4. The topological polar surface area (TPSA) is 86.4 Å². The molecule has 164 valence electrons. The van der Waals surface area contributed by atoms with E-state index in [0.29, 0.717) is 19.6 Å². The number of nitrogens with zero attached hydrogens (tertiary/aromatic N) is 2. The molecule has 1 aliphatic rings. The number of nitrogens with one attached hydrogen (secondary N) is 3. The number of carbonyl (C=O) groups is 2. The van der Waals surface area contributed by atoms with E-state index in [2.05, 4.69) is 20.9 Å². The average molecular weight is 448 g/mol. The van der Waals surface area contributed by atoms with E-state index in [9.17, 15) is 9.59 Å².